The van der Waals surface area contributed by atoms with Gasteiger partial charge >= 0.3 is 0 Å². The van der Waals surface area contributed by atoms with Crippen LogP contribution in [0.15, 0.2) is 0 Å². The maximum Gasteiger partial charge on any atom is 0.257 e. The van der Waals surface area contributed by atoms with Crippen LogP contribution in [-0.4, -0.2) is 42.9 Å². The molecule has 5 nitrogen and oxygen atoms in total. The fourth-order valence-electron chi connectivity index (χ4n) is 3.25. The number of piperazine rings is 1. The van der Waals surface area contributed by atoms with Crippen molar-refractivity contribution >= 4 is 28.2 Å². The van der Waals surface area contributed by atoms with Gasteiger partial charge in [-0.25, -0.2) is 0 Å². The molecule has 2 aliphatic rings. The van der Waals surface area contributed by atoms with Gasteiger partial charge in [0.15, 0.2) is 0 Å². The molecule has 1 aromatic heterocycles. The highest BCUT2D eigenvalue weighted by Gasteiger charge is 2.30. The average molecular weight is 321 g/mol. The Morgan fingerprint density at radius 1 is 1.32 bits per heavy atom. The molecule has 2 amide bonds. The predicted octanol–water partition coefficient (Wildman–Crippen LogP) is 1.88. The third-order valence-electron chi connectivity index (χ3n) is 4.42. The fraction of sp³-hybridized carbons (Fsp3) is 0.625. The lowest BCUT2D eigenvalue weighted by Gasteiger charge is -2.28. The van der Waals surface area contributed by atoms with E-state index in [4.69, 9.17) is 0 Å². The van der Waals surface area contributed by atoms with Crippen molar-refractivity contribution < 1.29 is 9.59 Å². The lowest BCUT2D eigenvalue weighted by molar-refractivity contribution is -0.114. The van der Waals surface area contributed by atoms with E-state index >= 15 is 0 Å². The van der Waals surface area contributed by atoms with Crippen molar-refractivity contribution in [3.63, 3.8) is 0 Å². The molecule has 22 heavy (non-hydrogen) atoms. The standard InChI is InChI=1S/C16H23N3O2S/c1-10-3-4-12-13(9-10)22-15(18-11(2)20)14(12)16(21)19-7-5-17-6-8-19/h10,17H,3-9H2,1-2H3,(H,18,20). The Bertz CT molecular complexity index is 590. The van der Waals surface area contributed by atoms with Gasteiger partial charge in [0.25, 0.3) is 5.91 Å². The Hall–Kier alpha value is -1.40. The fourth-order valence-corrected chi connectivity index (χ4v) is 4.70. The van der Waals surface area contributed by atoms with E-state index in [2.05, 4.69) is 17.6 Å². The van der Waals surface area contributed by atoms with Crippen molar-refractivity contribution in [3.8, 4) is 0 Å². The van der Waals surface area contributed by atoms with Crippen LogP contribution < -0.4 is 10.6 Å². The molecule has 0 radical (unpaired) electrons. The molecule has 2 heterocycles. The quantitative estimate of drug-likeness (QED) is 0.874. The molecule has 1 atom stereocenters. The zero-order valence-corrected chi connectivity index (χ0v) is 14.0. The molecule has 0 bridgehead atoms. The first-order valence-electron chi connectivity index (χ1n) is 7.98. The summed E-state index contributed by atoms with van der Waals surface area (Å²) >= 11 is 1.59. The minimum absolute atomic E-state index is 0.0808. The smallest absolute Gasteiger partial charge is 0.257 e. The summed E-state index contributed by atoms with van der Waals surface area (Å²) in [7, 11) is 0. The van der Waals surface area contributed by atoms with Crippen molar-refractivity contribution in [2.75, 3.05) is 31.5 Å². The van der Waals surface area contributed by atoms with Crippen LogP contribution in [0.3, 0.4) is 0 Å². The summed E-state index contributed by atoms with van der Waals surface area (Å²) in [5, 5.41) is 6.90. The molecule has 2 N–H and O–H groups in total. The Morgan fingerprint density at radius 2 is 2.05 bits per heavy atom. The third kappa shape index (κ3) is 3.03. The zero-order chi connectivity index (χ0) is 15.7. The van der Waals surface area contributed by atoms with Gasteiger partial charge in [0.1, 0.15) is 5.00 Å². The molecular formula is C16H23N3O2S. The maximum absolute atomic E-state index is 13.0. The number of nitrogens with one attached hydrogen (secondary N) is 2. The number of anilines is 1. The molecular weight excluding hydrogens is 298 g/mol. The first kappa shape index (κ1) is 15.5. The van der Waals surface area contributed by atoms with Gasteiger partial charge in [-0.05, 0) is 30.7 Å². The van der Waals surface area contributed by atoms with Crippen LogP contribution in [0.2, 0.25) is 0 Å². The van der Waals surface area contributed by atoms with E-state index in [9.17, 15) is 9.59 Å². The number of nitrogens with zero attached hydrogens (tertiary/aromatic N) is 1. The van der Waals surface area contributed by atoms with Crippen molar-refractivity contribution in [1.82, 2.24) is 10.2 Å². The molecule has 0 saturated carbocycles. The number of rotatable bonds is 2. The van der Waals surface area contributed by atoms with E-state index in [1.807, 2.05) is 4.90 Å². The SMILES string of the molecule is CC(=O)Nc1sc2c(c1C(=O)N1CCNCC1)CCC(C)C2. The van der Waals surface area contributed by atoms with Crippen molar-refractivity contribution in [2.45, 2.75) is 33.1 Å². The van der Waals surface area contributed by atoms with E-state index in [1.165, 1.54) is 17.4 Å². The van der Waals surface area contributed by atoms with Gasteiger partial charge in [-0.2, -0.15) is 0 Å². The summed E-state index contributed by atoms with van der Waals surface area (Å²) in [4.78, 5) is 27.7. The van der Waals surface area contributed by atoms with E-state index in [0.717, 1.165) is 56.0 Å². The highest BCUT2D eigenvalue weighted by molar-refractivity contribution is 7.17. The second-order valence-corrected chi connectivity index (χ2v) is 7.38. The van der Waals surface area contributed by atoms with Crippen LogP contribution in [0.1, 0.15) is 41.1 Å². The molecule has 1 fully saturated rings. The van der Waals surface area contributed by atoms with Crippen LogP contribution in [-0.2, 0) is 17.6 Å². The van der Waals surface area contributed by atoms with E-state index < -0.39 is 0 Å². The van der Waals surface area contributed by atoms with Crippen LogP contribution in [0.5, 0.6) is 0 Å². The number of thiophene rings is 1. The van der Waals surface area contributed by atoms with E-state index in [-0.39, 0.29) is 11.8 Å². The normalized spacial score (nSPS) is 21.4. The maximum atomic E-state index is 13.0. The minimum Gasteiger partial charge on any atom is -0.336 e. The lowest BCUT2D eigenvalue weighted by Crippen LogP contribution is -2.46. The summed E-state index contributed by atoms with van der Waals surface area (Å²) in [6, 6.07) is 0. The number of hydrogen-bond donors (Lipinski definition) is 2. The summed E-state index contributed by atoms with van der Waals surface area (Å²) in [5.41, 5.74) is 1.93. The van der Waals surface area contributed by atoms with Gasteiger partial charge in [-0.1, -0.05) is 6.92 Å². The summed E-state index contributed by atoms with van der Waals surface area (Å²) in [6.45, 7) is 6.90. The number of fused-ring (bicyclic) bond motifs is 1. The number of carbonyl (C=O) groups excluding carboxylic acids is 2. The van der Waals surface area contributed by atoms with Crippen molar-refractivity contribution in [3.05, 3.63) is 16.0 Å². The number of hydrogen-bond acceptors (Lipinski definition) is 4. The van der Waals surface area contributed by atoms with E-state index in [0.29, 0.717) is 5.92 Å². The van der Waals surface area contributed by atoms with Crippen LogP contribution in [0.25, 0.3) is 0 Å². The molecule has 1 aliphatic heterocycles. The predicted molar refractivity (Wildman–Crippen MR) is 88.6 cm³/mol. The molecule has 3 rings (SSSR count). The Labute approximate surface area is 135 Å². The first-order chi connectivity index (χ1) is 10.6. The van der Waals surface area contributed by atoms with Gasteiger partial charge in [0, 0.05) is 38.0 Å². The zero-order valence-electron chi connectivity index (χ0n) is 13.2. The van der Waals surface area contributed by atoms with Gasteiger partial charge in [0.05, 0.1) is 5.56 Å². The minimum atomic E-state index is -0.110. The highest BCUT2D eigenvalue weighted by Crippen LogP contribution is 2.40. The molecule has 0 spiro atoms. The molecule has 6 heteroatoms. The molecule has 1 aliphatic carbocycles. The largest absolute Gasteiger partial charge is 0.336 e. The molecule has 1 unspecified atom stereocenters. The number of carbonyl (C=O) groups is 2. The summed E-state index contributed by atoms with van der Waals surface area (Å²) in [5.74, 6) is 0.622. The van der Waals surface area contributed by atoms with Gasteiger partial charge in [-0.3, -0.25) is 9.59 Å². The number of amides is 2. The van der Waals surface area contributed by atoms with Gasteiger partial charge in [0.2, 0.25) is 5.91 Å². The van der Waals surface area contributed by atoms with Gasteiger partial charge in [-0.15, -0.1) is 11.3 Å². The molecule has 0 aromatic carbocycles. The molecule has 1 aromatic rings. The summed E-state index contributed by atoms with van der Waals surface area (Å²) < 4.78 is 0. The third-order valence-corrected chi connectivity index (χ3v) is 5.59. The monoisotopic (exact) mass is 321 g/mol. The van der Waals surface area contributed by atoms with Crippen molar-refractivity contribution in [1.29, 1.82) is 0 Å². The Morgan fingerprint density at radius 3 is 2.73 bits per heavy atom. The van der Waals surface area contributed by atoms with Crippen LogP contribution in [0, 0.1) is 5.92 Å². The van der Waals surface area contributed by atoms with Crippen LogP contribution >= 0.6 is 11.3 Å². The highest BCUT2D eigenvalue weighted by atomic mass is 32.1. The second-order valence-electron chi connectivity index (χ2n) is 6.28. The van der Waals surface area contributed by atoms with Crippen LogP contribution in [0.4, 0.5) is 5.00 Å². The molecule has 1 saturated heterocycles. The lowest BCUT2D eigenvalue weighted by atomic mass is 9.88. The average Bonchev–Trinajstić information content (AvgIpc) is 2.83. The Balaban J connectivity index is 1.96. The first-order valence-corrected chi connectivity index (χ1v) is 8.80. The molecule has 120 valence electrons. The second kappa shape index (κ2) is 6.38. The Kier molecular flexibility index (Phi) is 4.49. The van der Waals surface area contributed by atoms with Gasteiger partial charge < -0.3 is 15.5 Å². The van der Waals surface area contributed by atoms with E-state index in [1.54, 1.807) is 11.3 Å². The topological polar surface area (TPSA) is 61.4 Å². The van der Waals surface area contributed by atoms with Crippen molar-refractivity contribution in [2.24, 2.45) is 5.92 Å². The summed E-state index contributed by atoms with van der Waals surface area (Å²) in [6.07, 6.45) is 3.08.